The van der Waals surface area contributed by atoms with E-state index in [-0.39, 0.29) is 11.3 Å². The number of benzene rings is 1. The predicted octanol–water partition coefficient (Wildman–Crippen LogP) is 2.31. The molecule has 0 aromatic heterocycles. The molecule has 80 valence electrons. The molecule has 0 aliphatic heterocycles. The average molecular weight is 216 g/mol. The van der Waals surface area contributed by atoms with E-state index in [2.05, 4.69) is 0 Å². The largest absolute Gasteiger partial charge is 0.503 e. The second-order valence-corrected chi connectivity index (χ2v) is 2.60. The number of phenols is 1. The Labute approximate surface area is 84.3 Å². The molecule has 0 aliphatic rings. The molecule has 0 fully saturated rings. The van der Waals surface area contributed by atoms with E-state index in [0.29, 0.717) is 0 Å². The lowest BCUT2D eigenvalue weighted by atomic mass is 10.2. The first-order chi connectivity index (χ1) is 6.94. The van der Waals surface area contributed by atoms with Crippen LogP contribution < -0.4 is 4.74 Å². The van der Waals surface area contributed by atoms with Crippen molar-refractivity contribution in [3.8, 4) is 23.3 Å². The van der Waals surface area contributed by atoms with Crippen molar-refractivity contribution < 1.29 is 23.0 Å². The third-order valence-corrected chi connectivity index (χ3v) is 1.56. The first kappa shape index (κ1) is 11.2. The molecule has 0 bridgehead atoms. The van der Waals surface area contributed by atoms with Crippen molar-refractivity contribution in [2.45, 2.75) is 6.18 Å². The van der Waals surface area contributed by atoms with Crippen molar-refractivity contribution in [1.82, 2.24) is 0 Å². The molecule has 0 spiro atoms. The van der Waals surface area contributed by atoms with Gasteiger partial charge in [-0.25, -0.2) is 0 Å². The molecule has 0 atom stereocenters. The number of para-hydroxylation sites is 1. The monoisotopic (exact) mass is 216 g/mol. The van der Waals surface area contributed by atoms with Crippen molar-refractivity contribution in [1.29, 1.82) is 0 Å². The highest BCUT2D eigenvalue weighted by molar-refractivity contribution is 5.53. The molecule has 1 aromatic rings. The van der Waals surface area contributed by atoms with Crippen LogP contribution in [-0.2, 0) is 0 Å². The van der Waals surface area contributed by atoms with Crippen molar-refractivity contribution in [3.63, 3.8) is 0 Å². The highest BCUT2D eigenvalue weighted by Gasteiger charge is 2.23. The Kier molecular flexibility index (Phi) is 3.10. The lowest BCUT2D eigenvalue weighted by molar-refractivity contribution is -0.0696. The van der Waals surface area contributed by atoms with E-state index >= 15 is 0 Å². The van der Waals surface area contributed by atoms with Gasteiger partial charge in [0, 0.05) is 5.92 Å². The highest BCUT2D eigenvalue weighted by Crippen LogP contribution is 2.28. The second-order valence-electron chi connectivity index (χ2n) is 2.60. The van der Waals surface area contributed by atoms with Crippen molar-refractivity contribution >= 4 is 0 Å². The molecule has 0 saturated carbocycles. The fourth-order valence-corrected chi connectivity index (χ4v) is 0.926. The molecule has 0 aliphatic carbocycles. The molecule has 0 heterocycles. The van der Waals surface area contributed by atoms with Crippen LogP contribution in [0.25, 0.3) is 0 Å². The molecule has 15 heavy (non-hydrogen) atoms. The van der Waals surface area contributed by atoms with Gasteiger partial charge in [0.25, 0.3) is 0 Å². The number of methoxy groups -OCH3 is 1. The van der Waals surface area contributed by atoms with Gasteiger partial charge in [0.1, 0.15) is 0 Å². The van der Waals surface area contributed by atoms with Gasteiger partial charge in [-0.3, -0.25) is 0 Å². The van der Waals surface area contributed by atoms with E-state index in [1.165, 1.54) is 25.3 Å². The summed E-state index contributed by atoms with van der Waals surface area (Å²) in [6.07, 6.45) is -4.57. The van der Waals surface area contributed by atoms with Gasteiger partial charge in [-0.15, -0.1) is 0 Å². The fourth-order valence-electron chi connectivity index (χ4n) is 0.926. The average Bonchev–Trinajstić information content (AvgIpc) is 2.15. The first-order valence-corrected chi connectivity index (χ1v) is 3.90. The summed E-state index contributed by atoms with van der Waals surface area (Å²) in [7, 11) is 1.30. The molecule has 1 aromatic carbocycles. The molecule has 0 amide bonds. The third-order valence-electron chi connectivity index (χ3n) is 1.56. The van der Waals surface area contributed by atoms with E-state index in [4.69, 9.17) is 4.74 Å². The van der Waals surface area contributed by atoms with Gasteiger partial charge in [0.2, 0.25) is 0 Å². The zero-order valence-electron chi connectivity index (χ0n) is 7.72. The minimum absolute atomic E-state index is 0.0870. The highest BCUT2D eigenvalue weighted by atomic mass is 19.4. The number of aromatic hydroxyl groups is 1. The third kappa shape index (κ3) is 3.09. The zero-order valence-corrected chi connectivity index (χ0v) is 7.72. The summed E-state index contributed by atoms with van der Waals surface area (Å²) in [5.41, 5.74) is -0.119. The van der Waals surface area contributed by atoms with Crippen LogP contribution in [0.3, 0.4) is 0 Å². The summed E-state index contributed by atoms with van der Waals surface area (Å²) in [6, 6.07) is 4.14. The van der Waals surface area contributed by atoms with Crippen LogP contribution in [-0.4, -0.2) is 18.4 Å². The smallest absolute Gasteiger partial charge is 0.458 e. The lowest BCUT2D eigenvalue weighted by Gasteiger charge is -2.03. The molecule has 5 heteroatoms. The molecule has 0 saturated heterocycles. The van der Waals surface area contributed by atoms with Crippen LogP contribution in [0.2, 0.25) is 0 Å². The van der Waals surface area contributed by atoms with Crippen LogP contribution in [0.4, 0.5) is 13.2 Å². The van der Waals surface area contributed by atoms with E-state index in [9.17, 15) is 18.3 Å². The van der Waals surface area contributed by atoms with Gasteiger partial charge in [-0.05, 0) is 12.1 Å². The minimum Gasteiger partial charge on any atom is -0.503 e. The summed E-state index contributed by atoms with van der Waals surface area (Å²) in [5, 5.41) is 9.39. The Hall–Kier alpha value is -1.83. The van der Waals surface area contributed by atoms with E-state index < -0.39 is 11.9 Å². The van der Waals surface area contributed by atoms with Gasteiger partial charge < -0.3 is 9.84 Å². The number of ether oxygens (including phenoxy) is 1. The maximum absolute atomic E-state index is 11.8. The number of hydrogen-bond acceptors (Lipinski definition) is 2. The zero-order chi connectivity index (χ0) is 11.5. The summed E-state index contributed by atoms with van der Waals surface area (Å²) in [4.78, 5) is 0. The molecular weight excluding hydrogens is 209 g/mol. The van der Waals surface area contributed by atoms with Gasteiger partial charge in [0.15, 0.2) is 11.5 Å². The molecule has 1 rings (SSSR count). The number of hydrogen-bond donors (Lipinski definition) is 1. The number of halogens is 3. The van der Waals surface area contributed by atoms with Crippen LogP contribution in [0.5, 0.6) is 11.5 Å². The van der Waals surface area contributed by atoms with Gasteiger partial charge >= 0.3 is 6.18 Å². The number of phenolic OH excluding ortho intramolecular Hbond substituents is 1. The number of rotatable bonds is 1. The molecular formula is C10H7F3O2. The summed E-state index contributed by atoms with van der Waals surface area (Å²) >= 11 is 0. The molecule has 0 unspecified atom stereocenters. The van der Waals surface area contributed by atoms with Crippen molar-refractivity contribution in [3.05, 3.63) is 23.8 Å². The maximum atomic E-state index is 11.8. The van der Waals surface area contributed by atoms with Crippen molar-refractivity contribution in [2.75, 3.05) is 7.11 Å². The van der Waals surface area contributed by atoms with Gasteiger partial charge in [-0.1, -0.05) is 12.0 Å². The Morgan fingerprint density at radius 3 is 2.53 bits per heavy atom. The van der Waals surface area contributed by atoms with E-state index in [1.807, 2.05) is 5.92 Å². The first-order valence-electron chi connectivity index (χ1n) is 3.90. The number of alkyl halides is 3. The summed E-state index contributed by atoms with van der Waals surface area (Å²) in [6.45, 7) is 0. The van der Waals surface area contributed by atoms with Crippen LogP contribution in [0.1, 0.15) is 5.56 Å². The SMILES string of the molecule is COc1cccc(C#CC(F)(F)F)c1O. The van der Waals surface area contributed by atoms with Crippen LogP contribution >= 0.6 is 0 Å². The lowest BCUT2D eigenvalue weighted by Crippen LogP contribution is -2.01. The topological polar surface area (TPSA) is 29.5 Å². The predicted molar refractivity (Wildman–Crippen MR) is 47.6 cm³/mol. The van der Waals surface area contributed by atoms with E-state index in [0.717, 1.165) is 5.92 Å². The normalized spacial score (nSPS) is 10.4. The Morgan fingerprint density at radius 2 is 2.00 bits per heavy atom. The molecule has 0 radical (unpaired) electrons. The van der Waals surface area contributed by atoms with E-state index in [1.54, 1.807) is 0 Å². The maximum Gasteiger partial charge on any atom is 0.458 e. The Morgan fingerprint density at radius 1 is 1.33 bits per heavy atom. The van der Waals surface area contributed by atoms with Crippen LogP contribution in [0.15, 0.2) is 18.2 Å². The molecule has 1 N–H and O–H groups in total. The molecule has 2 nitrogen and oxygen atoms in total. The Bertz CT molecular complexity index is 413. The standard InChI is InChI=1S/C10H7F3O2/c1-15-8-4-2-3-7(9(8)14)5-6-10(11,12)13/h2-4,14H,1H3. The Balaban J connectivity index is 3.10. The second kappa shape index (κ2) is 4.13. The minimum atomic E-state index is -4.57. The van der Waals surface area contributed by atoms with Crippen LogP contribution in [0, 0.1) is 11.8 Å². The van der Waals surface area contributed by atoms with Crippen molar-refractivity contribution in [2.24, 2.45) is 0 Å². The summed E-state index contributed by atoms with van der Waals surface area (Å²) in [5.74, 6) is 2.58. The fraction of sp³-hybridized carbons (Fsp3) is 0.200. The quantitative estimate of drug-likeness (QED) is 0.730. The summed E-state index contributed by atoms with van der Waals surface area (Å²) < 4.78 is 40.0. The van der Waals surface area contributed by atoms with Gasteiger partial charge in [-0.2, -0.15) is 13.2 Å². The van der Waals surface area contributed by atoms with Gasteiger partial charge in [0.05, 0.1) is 12.7 Å².